The number of methoxy groups -OCH3 is 1. The zero-order valence-corrected chi connectivity index (χ0v) is 16.4. The van der Waals surface area contributed by atoms with E-state index >= 15 is 0 Å². The van der Waals surface area contributed by atoms with Gasteiger partial charge >= 0.3 is 0 Å². The number of thioether (sulfide) groups is 1. The van der Waals surface area contributed by atoms with Crippen molar-refractivity contribution in [2.75, 3.05) is 7.11 Å². The molecule has 6 heteroatoms. The summed E-state index contributed by atoms with van der Waals surface area (Å²) >= 11 is 1.35. The largest absolute Gasteiger partial charge is 0.497 e. The maximum Gasteiger partial charge on any atom is 0.264 e. The van der Waals surface area contributed by atoms with Crippen LogP contribution in [0.15, 0.2) is 76.8 Å². The Hall–Kier alpha value is -3.51. The van der Waals surface area contributed by atoms with Gasteiger partial charge in [0.05, 0.1) is 17.7 Å². The van der Waals surface area contributed by atoms with E-state index in [1.807, 2.05) is 66.9 Å². The van der Waals surface area contributed by atoms with Crippen LogP contribution >= 0.6 is 11.8 Å². The van der Waals surface area contributed by atoms with Gasteiger partial charge in [-0.3, -0.25) is 4.79 Å². The number of amides is 1. The summed E-state index contributed by atoms with van der Waals surface area (Å²) in [5, 5.41) is 6.71. The molecule has 1 saturated heterocycles. The molecule has 0 unspecified atom stereocenters. The summed E-state index contributed by atoms with van der Waals surface area (Å²) in [6.45, 7) is 0. The maximum absolute atomic E-state index is 12.4. The highest BCUT2D eigenvalue weighted by atomic mass is 32.2. The number of aliphatic imine (C=N–C) groups is 1. The van der Waals surface area contributed by atoms with Crippen LogP contribution in [0.2, 0.25) is 0 Å². The number of fused-ring (bicyclic) bond motifs is 2. The van der Waals surface area contributed by atoms with Gasteiger partial charge in [-0.25, -0.2) is 4.99 Å². The Bertz CT molecular complexity index is 1320. The molecule has 0 radical (unpaired) electrons. The van der Waals surface area contributed by atoms with Gasteiger partial charge < -0.3 is 15.0 Å². The molecule has 1 aromatic heterocycles. The van der Waals surface area contributed by atoms with Crippen LogP contribution < -0.4 is 10.1 Å². The topological polar surface area (TPSA) is 66.5 Å². The summed E-state index contributed by atoms with van der Waals surface area (Å²) in [6.07, 6.45) is 3.79. The molecule has 29 heavy (non-hydrogen) atoms. The lowest BCUT2D eigenvalue weighted by Gasteiger charge is -2.03. The van der Waals surface area contributed by atoms with E-state index in [4.69, 9.17) is 4.74 Å². The number of carbonyl (C=O) groups excluding carboxylic acids is 1. The van der Waals surface area contributed by atoms with Gasteiger partial charge in [0.2, 0.25) is 0 Å². The Morgan fingerprint density at radius 2 is 1.83 bits per heavy atom. The number of nitrogens with one attached hydrogen (secondary N) is 2. The van der Waals surface area contributed by atoms with Gasteiger partial charge in [0, 0.05) is 17.1 Å². The molecule has 5 nitrogen and oxygen atoms in total. The van der Waals surface area contributed by atoms with Crippen molar-refractivity contribution in [3.05, 3.63) is 77.3 Å². The van der Waals surface area contributed by atoms with Gasteiger partial charge in [-0.1, -0.05) is 18.2 Å². The van der Waals surface area contributed by atoms with Gasteiger partial charge in [-0.15, -0.1) is 0 Å². The van der Waals surface area contributed by atoms with E-state index < -0.39 is 0 Å². The van der Waals surface area contributed by atoms with Crippen molar-refractivity contribution in [3.63, 3.8) is 0 Å². The minimum atomic E-state index is -0.133. The number of aromatic nitrogens is 1. The zero-order valence-electron chi connectivity index (χ0n) is 15.6. The first kappa shape index (κ1) is 17.6. The Balaban J connectivity index is 1.42. The summed E-state index contributed by atoms with van der Waals surface area (Å²) in [6, 6.07) is 19.9. The van der Waals surface area contributed by atoms with E-state index in [0.717, 1.165) is 38.7 Å². The van der Waals surface area contributed by atoms with E-state index in [0.29, 0.717) is 10.1 Å². The number of H-pyrrole nitrogens is 1. The van der Waals surface area contributed by atoms with Crippen LogP contribution in [-0.2, 0) is 4.79 Å². The number of rotatable bonds is 3. The summed E-state index contributed by atoms with van der Waals surface area (Å²) in [5.41, 5.74) is 2.84. The van der Waals surface area contributed by atoms with Crippen LogP contribution in [0.5, 0.6) is 5.75 Å². The predicted molar refractivity (Wildman–Crippen MR) is 120 cm³/mol. The lowest BCUT2D eigenvalue weighted by atomic mass is 10.1. The first-order valence-electron chi connectivity index (χ1n) is 9.12. The van der Waals surface area contributed by atoms with Crippen LogP contribution in [0.25, 0.3) is 27.8 Å². The highest BCUT2D eigenvalue weighted by Crippen LogP contribution is 2.30. The van der Waals surface area contributed by atoms with Crippen molar-refractivity contribution < 1.29 is 9.53 Å². The quantitative estimate of drug-likeness (QED) is 0.464. The van der Waals surface area contributed by atoms with E-state index in [1.54, 1.807) is 7.11 Å². The minimum Gasteiger partial charge on any atom is -0.497 e. The maximum atomic E-state index is 12.4. The third-order valence-corrected chi connectivity index (χ3v) is 5.70. The van der Waals surface area contributed by atoms with E-state index in [2.05, 4.69) is 21.4 Å². The normalized spacial score (nSPS) is 16.8. The fourth-order valence-corrected chi connectivity index (χ4v) is 4.16. The van der Waals surface area contributed by atoms with Gasteiger partial charge in [0.1, 0.15) is 5.75 Å². The van der Waals surface area contributed by atoms with Crippen LogP contribution in [0.4, 0.5) is 5.69 Å². The van der Waals surface area contributed by atoms with E-state index in [-0.39, 0.29) is 5.91 Å². The Morgan fingerprint density at radius 1 is 0.966 bits per heavy atom. The lowest BCUT2D eigenvalue weighted by Crippen LogP contribution is -2.19. The van der Waals surface area contributed by atoms with Crippen molar-refractivity contribution in [2.24, 2.45) is 4.99 Å². The van der Waals surface area contributed by atoms with Crippen LogP contribution in [-0.4, -0.2) is 23.2 Å². The van der Waals surface area contributed by atoms with Crippen molar-refractivity contribution in [3.8, 4) is 5.75 Å². The summed E-state index contributed by atoms with van der Waals surface area (Å²) < 4.78 is 5.27. The first-order chi connectivity index (χ1) is 14.2. The Morgan fingerprint density at radius 3 is 2.72 bits per heavy atom. The molecule has 2 heterocycles. The molecule has 1 fully saturated rings. The molecule has 2 N–H and O–H groups in total. The monoisotopic (exact) mass is 399 g/mol. The van der Waals surface area contributed by atoms with E-state index in [1.165, 1.54) is 11.8 Å². The number of benzene rings is 3. The van der Waals surface area contributed by atoms with E-state index in [9.17, 15) is 4.79 Å². The second kappa shape index (κ2) is 7.14. The molecule has 0 bridgehead atoms. The number of hydrogen-bond acceptors (Lipinski definition) is 4. The predicted octanol–water partition coefficient (Wildman–Crippen LogP) is 5.22. The molecule has 4 aromatic rings. The molecule has 5 rings (SSSR count). The SMILES string of the molecule is COc1ccc2cc(/C=C3\SC(=Nc4ccc5[nH]ccc5c4)NC3=O)ccc2c1. The number of amidine groups is 1. The molecule has 0 atom stereocenters. The number of aromatic amines is 1. The summed E-state index contributed by atoms with van der Waals surface area (Å²) in [7, 11) is 1.66. The average Bonchev–Trinajstić information content (AvgIpc) is 3.33. The lowest BCUT2D eigenvalue weighted by molar-refractivity contribution is -0.115. The Kier molecular flexibility index (Phi) is 4.33. The van der Waals surface area contributed by atoms with Crippen molar-refractivity contribution in [1.29, 1.82) is 0 Å². The zero-order chi connectivity index (χ0) is 19.8. The van der Waals surface area contributed by atoms with Gasteiger partial charge in [0.25, 0.3) is 5.91 Å². The molecule has 0 saturated carbocycles. The molecule has 0 aliphatic carbocycles. The number of hydrogen-bond donors (Lipinski definition) is 2. The second-order valence-electron chi connectivity index (χ2n) is 6.70. The van der Waals surface area contributed by atoms with Crippen molar-refractivity contribution in [2.45, 2.75) is 0 Å². The summed E-state index contributed by atoms with van der Waals surface area (Å²) in [4.78, 5) is 20.8. The molecule has 1 aliphatic rings. The third kappa shape index (κ3) is 3.50. The number of nitrogens with zero attached hydrogens (tertiary/aromatic N) is 1. The molecule has 142 valence electrons. The second-order valence-corrected chi connectivity index (χ2v) is 7.73. The van der Waals surface area contributed by atoms with Crippen molar-refractivity contribution >= 4 is 56.3 Å². The smallest absolute Gasteiger partial charge is 0.264 e. The molecular weight excluding hydrogens is 382 g/mol. The molecule has 1 aliphatic heterocycles. The van der Waals surface area contributed by atoms with Crippen molar-refractivity contribution in [1.82, 2.24) is 10.3 Å². The van der Waals surface area contributed by atoms with Gasteiger partial charge in [-0.05, 0) is 76.6 Å². The van der Waals surface area contributed by atoms with Crippen LogP contribution in [0.1, 0.15) is 5.56 Å². The molecule has 1 amide bonds. The van der Waals surface area contributed by atoms with Crippen LogP contribution in [0.3, 0.4) is 0 Å². The fraction of sp³-hybridized carbons (Fsp3) is 0.0435. The molecule has 0 spiro atoms. The number of ether oxygens (including phenoxy) is 1. The first-order valence-corrected chi connectivity index (χ1v) is 9.94. The standard InChI is InChI=1S/C23H17N3O2S/c1-28-19-6-4-15-10-14(2-3-16(15)13-19)11-21-22(27)26-23(29-21)25-18-5-7-20-17(12-18)8-9-24-20/h2-13,24H,1H3,(H,25,26,27)/b21-11-. The van der Waals surface area contributed by atoms with Gasteiger partial charge in [0.15, 0.2) is 5.17 Å². The number of carbonyl (C=O) groups is 1. The van der Waals surface area contributed by atoms with Gasteiger partial charge in [-0.2, -0.15) is 0 Å². The highest BCUT2D eigenvalue weighted by Gasteiger charge is 2.23. The average molecular weight is 399 g/mol. The highest BCUT2D eigenvalue weighted by molar-refractivity contribution is 8.18. The summed E-state index contributed by atoms with van der Waals surface area (Å²) in [5.74, 6) is 0.694. The van der Waals surface area contributed by atoms with Crippen LogP contribution in [0, 0.1) is 0 Å². The molecule has 3 aromatic carbocycles. The minimum absolute atomic E-state index is 0.133. The Labute approximate surface area is 171 Å². The third-order valence-electron chi connectivity index (χ3n) is 4.79. The fourth-order valence-electron chi connectivity index (χ4n) is 3.32. The molecular formula is C23H17N3O2S.